The fourth-order valence-corrected chi connectivity index (χ4v) is 2.89. The van der Waals surface area contributed by atoms with Crippen LogP contribution in [0.25, 0.3) is 0 Å². The van der Waals surface area contributed by atoms with E-state index in [9.17, 15) is 9.59 Å². The Morgan fingerprint density at radius 3 is 2.44 bits per heavy atom. The molecule has 2 heterocycles. The first-order valence-electron chi connectivity index (χ1n) is 8.43. The molecule has 0 aliphatic carbocycles. The maximum Gasteiger partial charge on any atom is 0.374 e. The quantitative estimate of drug-likeness (QED) is 0.779. The van der Waals surface area contributed by atoms with Crippen LogP contribution in [0, 0.1) is 0 Å². The van der Waals surface area contributed by atoms with Gasteiger partial charge in [0, 0.05) is 32.7 Å². The van der Waals surface area contributed by atoms with Gasteiger partial charge in [0.2, 0.25) is 5.76 Å². The summed E-state index contributed by atoms with van der Waals surface area (Å²) >= 11 is 0. The predicted molar refractivity (Wildman–Crippen MR) is 91.9 cm³/mol. The SMILES string of the molecule is CC(OC(=O)c1ccco1)C(=O)N1CCN(Cc2ccccc2)CC1. The second-order valence-corrected chi connectivity index (χ2v) is 6.11. The molecule has 1 aliphatic heterocycles. The highest BCUT2D eigenvalue weighted by Crippen LogP contribution is 2.11. The lowest BCUT2D eigenvalue weighted by molar-refractivity contribution is -0.141. The van der Waals surface area contributed by atoms with Gasteiger partial charge in [-0.05, 0) is 24.6 Å². The van der Waals surface area contributed by atoms with Crippen LogP contribution in [-0.4, -0.2) is 54.0 Å². The second kappa shape index (κ2) is 7.98. The van der Waals surface area contributed by atoms with Gasteiger partial charge < -0.3 is 14.1 Å². The van der Waals surface area contributed by atoms with Gasteiger partial charge in [-0.1, -0.05) is 30.3 Å². The van der Waals surface area contributed by atoms with Crippen molar-refractivity contribution in [3.8, 4) is 0 Å². The Morgan fingerprint density at radius 2 is 1.80 bits per heavy atom. The highest BCUT2D eigenvalue weighted by Gasteiger charge is 2.28. The molecule has 0 bridgehead atoms. The van der Waals surface area contributed by atoms with Crippen molar-refractivity contribution in [1.29, 1.82) is 0 Å². The number of carbonyl (C=O) groups is 2. The van der Waals surface area contributed by atoms with Crippen LogP contribution in [0.4, 0.5) is 0 Å². The molecule has 1 aromatic carbocycles. The third-order valence-corrected chi connectivity index (χ3v) is 4.29. The normalized spacial score (nSPS) is 16.4. The van der Waals surface area contributed by atoms with Crippen LogP contribution in [0.2, 0.25) is 0 Å². The van der Waals surface area contributed by atoms with Crippen LogP contribution in [0.5, 0.6) is 0 Å². The number of rotatable bonds is 5. The van der Waals surface area contributed by atoms with E-state index in [0.717, 1.165) is 19.6 Å². The zero-order chi connectivity index (χ0) is 17.6. The van der Waals surface area contributed by atoms with Crippen molar-refractivity contribution in [2.45, 2.75) is 19.6 Å². The van der Waals surface area contributed by atoms with E-state index in [1.165, 1.54) is 17.9 Å². The zero-order valence-electron chi connectivity index (χ0n) is 14.3. The van der Waals surface area contributed by atoms with E-state index in [1.807, 2.05) is 18.2 Å². The van der Waals surface area contributed by atoms with Crippen LogP contribution in [0.15, 0.2) is 53.1 Å². The van der Waals surface area contributed by atoms with Crippen LogP contribution >= 0.6 is 0 Å². The highest BCUT2D eigenvalue weighted by atomic mass is 16.6. The van der Waals surface area contributed by atoms with Gasteiger partial charge in [0.25, 0.3) is 5.91 Å². The predicted octanol–water partition coefficient (Wildman–Crippen LogP) is 2.17. The molecule has 1 fully saturated rings. The van der Waals surface area contributed by atoms with Gasteiger partial charge in [0.05, 0.1) is 6.26 Å². The van der Waals surface area contributed by atoms with E-state index in [0.29, 0.717) is 13.1 Å². The summed E-state index contributed by atoms with van der Waals surface area (Å²) in [6.45, 7) is 5.35. The molecule has 1 saturated heterocycles. The lowest BCUT2D eigenvalue weighted by Crippen LogP contribution is -2.51. The van der Waals surface area contributed by atoms with Gasteiger partial charge in [0.1, 0.15) is 0 Å². The molecule has 0 spiro atoms. The number of hydrogen-bond acceptors (Lipinski definition) is 5. The molecular formula is C19H22N2O4. The van der Waals surface area contributed by atoms with E-state index in [2.05, 4.69) is 17.0 Å². The molecule has 1 amide bonds. The van der Waals surface area contributed by atoms with E-state index >= 15 is 0 Å². The lowest BCUT2D eigenvalue weighted by atomic mass is 10.2. The summed E-state index contributed by atoms with van der Waals surface area (Å²) in [4.78, 5) is 28.4. The first kappa shape index (κ1) is 17.2. The molecule has 0 N–H and O–H groups in total. The molecule has 3 rings (SSSR count). The highest BCUT2D eigenvalue weighted by molar-refractivity contribution is 5.90. The average Bonchev–Trinajstić information content (AvgIpc) is 3.17. The summed E-state index contributed by atoms with van der Waals surface area (Å²) in [5.74, 6) is -0.680. The molecular weight excluding hydrogens is 320 g/mol. The summed E-state index contributed by atoms with van der Waals surface area (Å²) < 4.78 is 10.2. The summed E-state index contributed by atoms with van der Waals surface area (Å²) in [7, 11) is 0. The first-order valence-corrected chi connectivity index (χ1v) is 8.43. The first-order chi connectivity index (χ1) is 12.1. The number of benzene rings is 1. The van der Waals surface area contributed by atoms with Crippen molar-refractivity contribution in [3.05, 3.63) is 60.1 Å². The number of hydrogen-bond donors (Lipinski definition) is 0. The third kappa shape index (κ3) is 4.48. The number of piperazine rings is 1. The molecule has 2 aromatic rings. The van der Waals surface area contributed by atoms with Crippen LogP contribution in [0.1, 0.15) is 23.0 Å². The van der Waals surface area contributed by atoms with E-state index in [-0.39, 0.29) is 11.7 Å². The van der Waals surface area contributed by atoms with Gasteiger partial charge in [-0.15, -0.1) is 0 Å². The molecule has 6 nitrogen and oxygen atoms in total. The van der Waals surface area contributed by atoms with Crippen molar-refractivity contribution in [3.63, 3.8) is 0 Å². The Morgan fingerprint density at radius 1 is 1.08 bits per heavy atom. The van der Waals surface area contributed by atoms with Crippen molar-refractivity contribution in [2.75, 3.05) is 26.2 Å². The van der Waals surface area contributed by atoms with Crippen molar-refractivity contribution < 1.29 is 18.7 Å². The van der Waals surface area contributed by atoms with E-state index < -0.39 is 12.1 Å². The molecule has 132 valence electrons. The van der Waals surface area contributed by atoms with Gasteiger partial charge >= 0.3 is 5.97 Å². The van der Waals surface area contributed by atoms with Crippen LogP contribution in [0.3, 0.4) is 0 Å². The number of ether oxygens (including phenoxy) is 1. The minimum atomic E-state index is -0.821. The standard InChI is InChI=1S/C19H22N2O4/c1-15(25-19(23)17-8-5-13-24-17)18(22)21-11-9-20(10-12-21)14-16-6-3-2-4-7-16/h2-8,13,15H,9-12,14H2,1H3. The summed E-state index contributed by atoms with van der Waals surface area (Å²) in [5, 5.41) is 0. The molecule has 1 aromatic heterocycles. The van der Waals surface area contributed by atoms with Gasteiger partial charge in [0.15, 0.2) is 6.10 Å². The monoisotopic (exact) mass is 342 g/mol. The van der Waals surface area contributed by atoms with Crippen LogP contribution < -0.4 is 0 Å². The Hall–Kier alpha value is -2.60. The number of furan rings is 1. The summed E-state index contributed by atoms with van der Waals surface area (Å²) in [5.41, 5.74) is 1.27. The maximum atomic E-state index is 12.5. The molecule has 25 heavy (non-hydrogen) atoms. The van der Waals surface area contributed by atoms with Gasteiger partial charge in [-0.3, -0.25) is 9.69 Å². The molecule has 1 unspecified atom stereocenters. The molecule has 1 aliphatic rings. The topological polar surface area (TPSA) is 63.0 Å². The minimum Gasteiger partial charge on any atom is -0.457 e. The Kier molecular flexibility index (Phi) is 5.50. The fourth-order valence-electron chi connectivity index (χ4n) is 2.89. The maximum absolute atomic E-state index is 12.5. The Balaban J connectivity index is 1.47. The number of amides is 1. The van der Waals surface area contributed by atoms with Crippen molar-refractivity contribution in [2.24, 2.45) is 0 Å². The van der Waals surface area contributed by atoms with Crippen LogP contribution in [-0.2, 0) is 16.1 Å². The van der Waals surface area contributed by atoms with Gasteiger partial charge in [-0.25, -0.2) is 4.79 Å². The van der Waals surface area contributed by atoms with Crippen molar-refractivity contribution in [1.82, 2.24) is 9.80 Å². The summed E-state index contributed by atoms with van der Waals surface area (Å²) in [6, 6.07) is 13.4. The Bertz CT molecular complexity index is 691. The van der Waals surface area contributed by atoms with Crippen molar-refractivity contribution >= 4 is 11.9 Å². The van der Waals surface area contributed by atoms with E-state index in [1.54, 1.807) is 17.9 Å². The van der Waals surface area contributed by atoms with E-state index in [4.69, 9.17) is 9.15 Å². The lowest BCUT2D eigenvalue weighted by Gasteiger charge is -2.35. The molecule has 1 atom stereocenters. The number of carbonyl (C=O) groups excluding carboxylic acids is 2. The minimum absolute atomic E-state index is 0.104. The second-order valence-electron chi connectivity index (χ2n) is 6.11. The largest absolute Gasteiger partial charge is 0.457 e. The molecule has 6 heteroatoms. The smallest absolute Gasteiger partial charge is 0.374 e. The third-order valence-electron chi connectivity index (χ3n) is 4.29. The number of esters is 1. The number of nitrogens with zero attached hydrogens (tertiary/aromatic N) is 2. The van der Waals surface area contributed by atoms with Gasteiger partial charge in [-0.2, -0.15) is 0 Å². The molecule has 0 radical (unpaired) electrons. The summed E-state index contributed by atoms with van der Waals surface area (Å²) in [6.07, 6.45) is 0.577. The zero-order valence-corrected chi connectivity index (χ0v) is 14.3. The Labute approximate surface area is 147 Å². The fraction of sp³-hybridized carbons (Fsp3) is 0.368. The average molecular weight is 342 g/mol. The molecule has 0 saturated carbocycles.